The zero-order valence-corrected chi connectivity index (χ0v) is 9.12. The predicted molar refractivity (Wildman–Crippen MR) is 57.7 cm³/mol. The Kier molecular flexibility index (Phi) is 4.54. The second kappa shape index (κ2) is 4.70. The van der Waals surface area contributed by atoms with Crippen LogP contribution in [0.15, 0.2) is 12.1 Å². The highest BCUT2D eigenvalue weighted by atomic mass is 35.5. The van der Waals surface area contributed by atoms with Crippen molar-refractivity contribution in [3.05, 3.63) is 28.3 Å². The number of aryl methyl sites for hydroxylation is 1. The summed E-state index contributed by atoms with van der Waals surface area (Å²) in [5.74, 6) is 0.245. The average molecular weight is 222 g/mol. The van der Waals surface area contributed by atoms with Crippen molar-refractivity contribution >= 4 is 24.0 Å². The lowest BCUT2D eigenvalue weighted by molar-refractivity contribution is 0.459. The molecule has 0 bridgehead atoms. The van der Waals surface area contributed by atoms with E-state index in [4.69, 9.17) is 17.3 Å². The molecule has 1 rings (SSSR count). The number of aromatic hydroxyl groups is 1. The molecule has 1 atom stereocenters. The maximum Gasteiger partial charge on any atom is 0.123 e. The van der Waals surface area contributed by atoms with Crippen molar-refractivity contribution in [2.24, 2.45) is 5.73 Å². The van der Waals surface area contributed by atoms with Gasteiger partial charge in [0.25, 0.3) is 0 Å². The molecular weight excluding hydrogens is 209 g/mol. The lowest BCUT2D eigenvalue weighted by atomic mass is 10.0. The molecule has 0 aliphatic rings. The third-order valence-electron chi connectivity index (χ3n) is 1.79. The molecule has 1 aromatic carbocycles. The van der Waals surface area contributed by atoms with Crippen LogP contribution >= 0.6 is 24.0 Å². The fourth-order valence-electron chi connectivity index (χ4n) is 1.11. The van der Waals surface area contributed by atoms with Crippen LogP contribution in [0, 0.1) is 6.92 Å². The zero-order chi connectivity index (χ0) is 9.30. The summed E-state index contributed by atoms with van der Waals surface area (Å²) in [7, 11) is 0. The second-order valence-electron chi connectivity index (χ2n) is 2.95. The number of hydrogen-bond donors (Lipinski definition) is 2. The molecule has 4 heteroatoms. The molecule has 0 amide bonds. The van der Waals surface area contributed by atoms with Crippen molar-refractivity contribution in [3.8, 4) is 5.75 Å². The van der Waals surface area contributed by atoms with Crippen molar-refractivity contribution in [3.63, 3.8) is 0 Å². The number of benzene rings is 1. The Bertz CT molecular complexity index is 300. The number of nitrogens with two attached hydrogens (primary N) is 1. The molecule has 0 radical (unpaired) electrons. The summed E-state index contributed by atoms with van der Waals surface area (Å²) in [6.07, 6.45) is 0. The van der Waals surface area contributed by atoms with Crippen LogP contribution < -0.4 is 5.73 Å². The summed E-state index contributed by atoms with van der Waals surface area (Å²) in [5.41, 5.74) is 7.09. The van der Waals surface area contributed by atoms with Gasteiger partial charge in [-0.3, -0.25) is 0 Å². The Hall–Kier alpha value is -0.440. The van der Waals surface area contributed by atoms with Gasteiger partial charge in [-0.15, -0.1) is 12.4 Å². The van der Waals surface area contributed by atoms with Gasteiger partial charge in [0.05, 0.1) is 0 Å². The molecule has 0 aliphatic heterocycles. The Morgan fingerprint density at radius 3 is 2.46 bits per heavy atom. The van der Waals surface area contributed by atoms with E-state index in [0.717, 1.165) is 5.56 Å². The lowest BCUT2D eigenvalue weighted by Gasteiger charge is -2.10. The van der Waals surface area contributed by atoms with Gasteiger partial charge in [0.2, 0.25) is 0 Å². The first-order valence-corrected chi connectivity index (χ1v) is 4.14. The minimum absolute atomic E-state index is 0. The van der Waals surface area contributed by atoms with Crippen LogP contribution in [0.1, 0.15) is 24.1 Å². The monoisotopic (exact) mass is 221 g/mol. The summed E-state index contributed by atoms with van der Waals surface area (Å²) in [6.45, 7) is 3.61. The highest BCUT2D eigenvalue weighted by molar-refractivity contribution is 6.30. The molecule has 0 saturated carbocycles. The van der Waals surface area contributed by atoms with Crippen LogP contribution in [0.2, 0.25) is 5.02 Å². The number of hydrogen-bond acceptors (Lipinski definition) is 2. The molecule has 1 aromatic rings. The van der Waals surface area contributed by atoms with Gasteiger partial charge in [-0.1, -0.05) is 11.6 Å². The minimum Gasteiger partial charge on any atom is -0.507 e. The first-order valence-electron chi connectivity index (χ1n) is 3.77. The summed E-state index contributed by atoms with van der Waals surface area (Å²) in [4.78, 5) is 0. The van der Waals surface area contributed by atoms with Crippen LogP contribution in [0.3, 0.4) is 0 Å². The molecule has 13 heavy (non-hydrogen) atoms. The molecular formula is C9H13Cl2NO. The maximum absolute atomic E-state index is 9.55. The van der Waals surface area contributed by atoms with Gasteiger partial charge in [0.1, 0.15) is 5.75 Å². The van der Waals surface area contributed by atoms with Crippen LogP contribution in [0.5, 0.6) is 5.75 Å². The van der Waals surface area contributed by atoms with E-state index >= 15 is 0 Å². The van der Waals surface area contributed by atoms with E-state index < -0.39 is 0 Å². The van der Waals surface area contributed by atoms with Crippen molar-refractivity contribution in [2.45, 2.75) is 19.9 Å². The quantitative estimate of drug-likeness (QED) is 0.767. The van der Waals surface area contributed by atoms with Crippen molar-refractivity contribution < 1.29 is 5.11 Å². The van der Waals surface area contributed by atoms with Crippen LogP contribution in [-0.4, -0.2) is 5.11 Å². The average Bonchev–Trinajstić information content (AvgIpc) is 1.96. The number of phenolic OH excluding ortho intramolecular Hbond substituents is 1. The zero-order valence-electron chi connectivity index (χ0n) is 7.54. The van der Waals surface area contributed by atoms with Gasteiger partial charge in [-0.25, -0.2) is 0 Å². The highest BCUT2D eigenvalue weighted by Gasteiger charge is 2.09. The minimum atomic E-state index is -0.192. The van der Waals surface area contributed by atoms with Crippen molar-refractivity contribution in [1.29, 1.82) is 0 Å². The van der Waals surface area contributed by atoms with Crippen molar-refractivity contribution in [1.82, 2.24) is 0 Å². The Balaban J connectivity index is 0.00000144. The summed E-state index contributed by atoms with van der Waals surface area (Å²) in [6, 6.07) is 3.21. The molecule has 0 fully saturated rings. The van der Waals surface area contributed by atoms with Crippen LogP contribution in [0.25, 0.3) is 0 Å². The summed E-state index contributed by atoms with van der Waals surface area (Å²) >= 11 is 5.80. The fourth-order valence-corrected chi connectivity index (χ4v) is 1.39. The second-order valence-corrected chi connectivity index (χ2v) is 3.39. The first-order chi connectivity index (χ1) is 5.52. The standard InChI is InChI=1S/C9H12ClNO.ClH/c1-5-3-7(10)4-8(6(2)11)9(5)12;/h3-4,6,12H,11H2,1-2H3;1H/t6-;/m0./s1. The van der Waals surface area contributed by atoms with E-state index in [0.29, 0.717) is 10.6 Å². The number of phenols is 1. The van der Waals surface area contributed by atoms with Gasteiger partial charge in [-0.05, 0) is 31.5 Å². The first kappa shape index (κ1) is 12.6. The Labute approximate surface area is 89.1 Å². The normalized spacial score (nSPS) is 12.0. The Morgan fingerprint density at radius 1 is 1.46 bits per heavy atom. The molecule has 74 valence electrons. The van der Waals surface area contributed by atoms with E-state index in [9.17, 15) is 5.11 Å². The third kappa shape index (κ3) is 2.76. The smallest absolute Gasteiger partial charge is 0.123 e. The molecule has 0 saturated heterocycles. The van der Waals surface area contributed by atoms with E-state index in [-0.39, 0.29) is 24.2 Å². The molecule has 0 aromatic heterocycles. The van der Waals surface area contributed by atoms with Gasteiger partial charge in [0.15, 0.2) is 0 Å². The van der Waals surface area contributed by atoms with Crippen LogP contribution in [0.4, 0.5) is 0 Å². The van der Waals surface area contributed by atoms with Gasteiger partial charge in [-0.2, -0.15) is 0 Å². The van der Waals surface area contributed by atoms with Gasteiger partial charge < -0.3 is 10.8 Å². The molecule has 0 aliphatic carbocycles. The largest absolute Gasteiger partial charge is 0.507 e. The molecule has 0 unspecified atom stereocenters. The van der Waals surface area contributed by atoms with E-state index in [2.05, 4.69) is 0 Å². The molecule has 0 heterocycles. The maximum atomic E-state index is 9.55. The Morgan fingerprint density at radius 2 is 2.00 bits per heavy atom. The summed E-state index contributed by atoms with van der Waals surface area (Å²) in [5, 5.41) is 10.2. The van der Waals surface area contributed by atoms with E-state index in [1.807, 2.05) is 6.92 Å². The summed E-state index contributed by atoms with van der Waals surface area (Å²) < 4.78 is 0. The highest BCUT2D eigenvalue weighted by Crippen LogP contribution is 2.29. The number of rotatable bonds is 1. The third-order valence-corrected chi connectivity index (χ3v) is 2.00. The van der Waals surface area contributed by atoms with Crippen LogP contribution in [-0.2, 0) is 0 Å². The lowest BCUT2D eigenvalue weighted by Crippen LogP contribution is -2.05. The van der Waals surface area contributed by atoms with Gasteiger partial charge >= 0.3 is 0 Å². The molecule has 2 nitrogen and oxygen atoms in total. The van der Waals surface area contributed by atoms with Crippen molar-refractivity contribution in [2.75, 3.05) is 0 Å². The predicted octanol–water partition coefficient (Wildman–Crippen LogP) is 2.80. The molecule has 0 spiro atoms. The topological polar surface area (TPSA) is 46.2 Å². The van der Waals surface area contributed by atoms with E-state index in [1.54, 1.807) is 19.1 Å². The number of halogens is 2. The van der Waals surface area contributed by atoms with E-state index in [1.165, 1.54) is 0 Å². The molecule has 3 N–H and O–H groups in total. The SMILES string of the molecule is Cc1cc(Cl)cc([C@H](C)N)c1O.Cl. The van der Waals surface area contributed by atoms with Gasteiger partial charge in [0, 0.05) is 16.6 Å². The fraction of sp³-hybridized carbons (Fsp3) is 0.333.